The molecule has 5 heteroatoms. The van der Waals surface area contributed by atoms with Gasteiger partial charge in [-0.05, 0) is 87.5 Å². The molecule has 5 rings (SSSR count). The second-order valence-electron chi connectivity index (χ2n) is 8.39. The minimum absolute atomic E-state index is 0.00813. The van der Waals surface area contributed by atoms with Gasteiger partial charge in [0.2, 0.25) is 0 Å². The minimum Gasteiger partial charge on any atom is -0.468 e. The molecule has 3 heterocycles. The van der Waals surface area contributed by atoms with Crippen LogP contribution in [0.25, 0.3) is 10.9 Å². The summed E-state index contributed by atoms with van der Waals surface area (Å²) in [7, 11) is 0. The summed E-state index contributed by atoms with van der Waals surface area (Å²) < 4.78 is 5.70. The summed E-state index contributed by atoms with van der Waals surface area (Å²) in [4.78, 5) is 18.9. The molecule has 2 N–H and O–H groups in total. The predicted molar refractivity (Wildman–Crippen MR) is 114 cm³/mol. The van der Waals surface area contributed by atoms with Crippen molar-refractivity contribution in [2.24, 2.45) is 0 Å². The van der Waals surface area contributed by atoms with Crippen molar-refractivity contribution in [3.63, 3.8) is 0 Å². The maximum absolute atomic E-state index is 13.0. The van der Waals surface area contributed by atoms with E-state index in [2.05, 4.69) is 27.3 Å². The molecule has 0 radical (unpaired) electrons. The van der Waals surface area contributed by atoms with Gasteiger partial charge in [-0.25, -0.2) is 0 Å². The van der Waals surface area contributed by atoms with Crippen molar-refractivity contribution in [1.29, 1.82) is 0 Å². The number of likely N-dealkylation sites (tertiary alicyclic amines) is 1. The molecule has 2 aliphatic rings. The monoisotopic (exact) mass is 391 g/mol. The Morgan fingerprint density at radius 3 is 2.79 bits per heavy atom. The van der Waals surface area contributed by atoms with E-state index in [1.54, 1.807) is 6.26 Å². The van der Waals surface area contributed by atoms with Crippen molar-refractivity contribution in [2.75, 3.05) is 19.6 Å². The number of amides is 1. The average molecular weight is 392 g/mol. The quantitative estimate of drug-likeness (QED) is 0.668. The Morgan fingerprint density at radius 2 is 1.97 bits per heavy atom. The molecule has 0 spiro atoms. The highest BCUT2D eigenvalue weighted by atomic mass is 16.3. The van der Waals surface area contributed by atoms with E-state index in [9.17, 15) is 4.79 Å². The molecular formula is C24H29N3O2. The van der Waals surface area contributed by atoms with Gasteiger partial charge in [0, 0.05) is 28.7 Å². The zero-order valence-electron chi connectivity index (χ0n) is 16.9. The second-order valence-corrected chi connectivity index (χ2v) is 8.39. The van der Waals surface area contributed by atoms with Gasteiger partial charge in [0.05, 0.1) is 12.3 Å². The Balaban J connectivity index is 1.33. The van der Waals surface area contributed by atoms with Gasteiger partial charge in [-0.1, -0.05) is 6.42 Å². The molecule has 0 saturated carbocycles. The highest BCUT2D eigenvalue weighted by Crippen LogP contribution is 2.30. The van der Waals surface area contributed by atoms with Gasteiger partial charge in [-0.3, -0.25) is 9.69 Å². The smallest absolute Gasteiger partial charge is 0.251 e. The number of aryl methyl sites for hydroxylation is 2. The fourth-order valence-corrected chi connectivity index (χ4v) is 4.96. The van der Waals surface area contributed by atoms with E-state index in [0.717, 1.165) is 42.8 Å². The van der Waals surface area contributed by atoms with Crippen LogP contribution in [0.15, 0.2) is 41.0 Å². The van der Waals surface area contributed by atoms with Crippen LogP contribution >= 0.6 is 0 Å². The van der Waals surface area contributed by atoms with Crippen molar-refractivity contribution >= 4 is 16.8 Å². The molecule has 3 aromatic rings. The van der Waals surface area contributed by atoms with E-state index >= 15 is 0 Å². The fourth-order valence-electron chi connectivity index (χ4n) is 4.96. The number of carbonyl (C=O) groups excluding carboxylic acids is 1. The van der Waals surface area contributed by atoms with Crippen molar-refractivity contribution in [2.45, 2.75) is 51.0 Å². The zero-order valence-corrected chi connectivity index (χ0v) is 16.9. The van der Waals surface area contributed by atoms with Gasteiger partial charge in [0.1, 0.15) is 5.76 Å². The van der Waals surface area contributed by atoms with Crippen LogP contribution in [0.5, 0.6) is 0 Å². The third kappa shape index (κ3) is 3.71. The van der Waals surface area contributed by atoms with Gasteiger partial charge < -0.3 is 14.7 Å². The Kier molecular flexibility index (Phi) is 5.15. The third-order valence-electron chi connectivity index (χ3n) is 6.52. The van der Waals surface area contributed by atoms with Crippen molar-refractivity contribution in [3.8, 4) is 0 Å². The molecule has 2 aromatic heterocycles. The molecule has 1 unspecified atom stereocenters. The normalized spacial score (nSPS) is 18.5. The third-order valence-corrected chi connectivity index (χ3v) is 6.52. The SMILES string of the molecule is O=C(NCC(c1ccco1)N1CCCCC1)c1ccc2[nH]c3c(c2c1)CCCC3. The number of piperidine rings is 1. The number of hydrogen-bond acceptors (Lipinski definition) is 3. The van der Waals surface area contributed by atoms with Crippen molar-refractivity contribution < 1.29 is 9.21 Å². The molecule has 0 bridgehead atoms. The van der Waals surface area contributed by atoms with Crippen LogP contribution in [-0.2, 0) is 12.8 Å². The van der Waals surface area contributed by atoms with Gasteiger partial charge in [-0.15, -0.1) is 0 Å². The van der Waals surface area contributed by atoms with E-state index in [-0.39, 0.29) is 11.9 Å². The van der Waals surface area contributed by atoms with Crippen LogP contribution in [0.2, 0.25) is 0 Å². The largest absolute Gasteiger partial charge is 0.468 e. The first-order valence-electron chi connectivity index (χ1n) is 11.0. The van der Waals surface area contributed by atoms with Gasteiger partial charge in [0.15, 0.2) is 0 Å². The van der Waals surface area contributed by atoms with Gasteiger partial charge in [-0.2, -0.15) is 0 Å². The summed E-state index contributed by atoms with van der Waals surface area (Å²) in [6.45, 7) is 2.68. The highest BCUT2D eigenvalue weighted by molar-refractivity contribution is 5.99. The Labute approximate surface area is 171 Å². The molecule has 1 aliphatic heterocycles. The molecule has 5 nitrogen and oxygen atoms in total. The lowest BCUT2D eigenvalue weighted by molar-refractivity contribution is 0.0914. The summed E-state index contributed by atoms with van der Waals surface area (Å²) in [6, 6.07) is 10.1. The molecule has 1 amide bonds. The standard InChI is InChI=1S/C24H29N3O2/c28-24(17-10-11-21-19(15-17)18-7-2-3-8-20(18)26-21)25-16-22(23-9-6-14-29-23)27-12-4-1-5-13-27/h6,9-11,14-15,22,26H,1-5,7-8,12-13,16H2,(H,25,28). The van der Waals surface area contributed by atoms with Crippen LogP contribution in [-0.4, -0.2) is 35.4 Å². The van der Waals surface area contributed by atoms with Crippen LogP contribution in [0.4, 0.5) is 0 Å². The average Bonchev–Trinajstić information content (AvgIpc) is 3.42. The fraction of sp³-hybridized carbons (Fsp3) is 0.458. The van der Waals surface area contributed by atoms with E-state index in [1.165, 1.54) is 48.7 Å². The molecule has 152 valence electrons. The second kappa shape index (κ2) is 8.07. The lowest BCUT2D eigenvalue weighted by atomic mass is 9.95. The zero-order chi connectivity index (χ0) is 19.6. The Bertz CT molecular complexity index is 983. The topological polar surface area (TPSA) is 61.3 Å². The number of H-pyrrole nitrogens is 1. The summed E-state index contributed by atoms with van der Waals surface area (Å²) in [5.41, 5.74) is 4.64. The number of furan rings is 1. The first-order valence-corrected chi connectivity index (χ1v) is 11.0. The maximum Gasteiger partial charge on any atom is 0.251 e. The molecule has 1 fully saturated rings. The van der Waals surface area contributed by atoms with Gasteiger partial charge in [0.25, 0.3) is 5.91 Å². The van der Waals surface area contributed by atoms with Gasteiger partial charge >= 0.3 is 0 Å². The maximum atomic E-state index is 13.0. The highest BCUT2D eigenvalue weighted by Gasteiger charge is 2.25. The van der Waals surface area contributed by atoms with Crippen molar-refractivity contribution in [3.05, 3.63) is 59.2 Å². The summed E-state index contributed by atoms with van der Waals surface area (Å²) in [5, 5.41) is 4.38. The predicted octanol–water partition coefficient (Wildman–Crippen LogP) is 4.60. The summed E-state index contributed by atoms with van der Waals surface area (Å²) >= 11 is 0. The number of aromatic amines is 1. The van der Waals surface area contributed by atoms with Crippen molar-refractivity contribution in [1.82, 2.24) is 15.2 Å². The van der Waals surface area contributed by atoms with Crippen LogP contribution < -0.4 is 5.32 Å². The lowest BCUT2D eigenvalue weighted by Crippen LogP contribution is -2.40. The van der Waals surface area contributed by atoms with Crippen LogP contribution in [0.1, 0.15) is 65.5 Å². The van der Waals surface area contributed by atoms with Crippen LogP contribution in [0.3, 0.4) is 0 Å². The molecule has 1 saturated heterocycles. The molecule has 1 aromatic carbocycles. The number of hydrogen-bond donors (Lipinski definition) is 2. The number of nitrogens with zero attached hydrogens (tertiary/aromatic N) is 1. The Hall–Kier alpha value is -2.53. The number of benzene rings is 1. The number of fused-ring (bicyclic) bond motifs is 3. The number of nitrogens with one attached hydrogen (secondary N) is 2. The molecular weight excluding hydrogens is 362 g/mol. The first-order chi connectivity index (χ1) is 14.3. The summed E-state index contributed by atoms with van der Waals surface area (Å²) in [6.07, 6.45) is 10.1. The Morgan fingerprint density at radius 1 is 1.10 bits per heavy atom. The molecule has 1 aliphatic carbocycles. The number of rotatable bonds is 5. The van der Waals surface area contributed by atoms with E-state index in [4.69, 9.17) is 4.42 Å². The molecule has 1 atom stereocenters. The summed E-state index contributed by atoms with van der Waals surface area (Å²) in [5.74, 6) is 0.925. The van der Waals surface area contributed by atoms with E-state index in [1.807, 2.05) is 18.2 Å². The minimum atomic E-state index is -0.00813. The van der Waals surface area contributed by atoms with Crippen LogP contribution in [0, 0.1) is 0 Å². The lowest BCUT2D eigenvalue weighted by Gasteiger charge is -2.33. The van der Waals surface area contributed by atoms with E-state index in [0.29, 0.717) is 6.54 Å². The van der Waals surface area contributed by atoms with E-state index < -0.39 is 0 Å². The number of aromatic nitrogens is 1. The first kappa shape index (κ1) is 18.5. The number of carbonyl (C=O) groups is 1. The molecule has 29 heavy (non-hydrogen) atoms.